The van der Waals surface area contributed by atoms with Crippen molar-refractivity contribution in [3.63, 3.8) is 0 Å². The van der Waals surface area contributed by atoms with Crippen LogP contribution in [0, 0.1) is 0 Å². The summed E-state index contributed by atoms with van der Waals surface area (Å²) in [4.78, 5) is 13.4. The maximum absolute atomic E-state index is 11.0. The van der Waals surface area contributed by atoms with E-state index >= 15 is 0 Å². The molecule has 1 saturated heterocycles. The molecule has 17 heavy (non-hydrogen) atoms. The van der Waals surface area contributed by atoms with Crippen LogP contribution in [-0.4, -0.2) is 46.7 Å². The second kappa shape index (κ2) is 5.33. The van der Waals surface area contributed by atoms with Gasteiger partial charge in [-0.25, -0.2) is 4.79 Å². The van der Waals surface area contributed by atoms with Crippen LogP contribution in [0.15, 0.2) is 18.3 Å². The standard InChI is InChI=1S/C12H19N3O2/c13-5-9-14-7-3-10(4-8-14)15-6-1-2-11(15)12(16)17/h1-2,6,10H,3-5,7-9,13H2,(H,16,17). The monoisotopic (exact) mass is 237 g/mol. The lowest BCUT2D eigenvalue weighted by molar-refractivity contribution is 0.0678. The molecule has 0 spiro atoms. The fourth-order valence-electron chi connectivity index (χ4n) is 2.50. The summed E-state index contributed by atoms with van der Waals surface area (Å²) in [6.07, 6.45) is 3.86. The highest BCUT2D eigenvalue weighted by molar-refractivity contribution is 5.85. The lowest BCUT2D eigenvalue weighted by Crippen LogP contribution is -2.38. The molecule has 5 heteroatoms. The summed E-state index contributed by atoms with van der Waals surface area (Å²) in [5.41, 5.74) is 5.92. The van der Waals surface area contributed by atoms with Crippen LogP contribution in [0.5, 0.6) is 0 Å². The molecule has 0 amide bonds. The average molecular weight is 237 g/mol. The molecule has 1 aliphatic rings. The van der Waals surface area contributed by atoms with Crippen LogP contribution >= 0.6 is 0 Å². The van der Waals surface area contributed by atoms with Crippen LogP contribution in [-0.2, 0) is 0 Å². The molecule has 1 fully saturated rings. The Labute approximate surface area is 101 Å². The van der Waals surface area contributed by atoms with Gasteiger partial charge in [0.15, 0.2) is 0 Å². The number of likely N-dealkylation sites (tertiary alicyclic amines) is 1. The Morgan fingerprint density at radius 1 is 1.47 bits per heavy atom. The van der Waals surface area contributed by atoms with E-state index < -0.39 is 5.97 Å². The van der Waals surface area contributed by atoms with E-state index in [-0.39, 0.29) is 0 Å². The SMILES string of the molecule is NCCN1CCC(n2cccc2C(=O)O)CC1. The van der Waals surface area contributed by atoms with Crippen molar-refractivity contribution in [1.29, 1.82) is 0 Å². The third kappa shape index (κ3) is 2.68. The van der Waals surface area contributed by atoms with Gasteiger partial charge in [0.05, 0.1) is 0 Å². The minimum absolute atomic E-state index is 0.310. The van der Waals surface area contributed by atoms with Crippen LogP contribution in [0.25, 0.3) is 0 Å². The average Bonchev–Trinajstić information content (AvgIpc) is 2.79. The van der Waals surface area contributed by atoms with E-state index in [1.54, 1.807) is 12.1 Å². The number of aromatic nitrogens is 1. The predicted molar refractivity (Wildman–Crippen MR) is 65.2 cm³/mol. The van der Waals surface area contributed by atoms with Gasteiger partial charge in [0.25, 0.3) is 0 Å². The molecular weight excluding hydrogens is 218 g/mol. The van der Waals surface area contributed by atoms with Crippen molar-refractivity contribution >= 4 is 5.97 Å². The molecule has 0 aromatic carbocycles. The minimum Gasteiger partial charge on any atom is -0.477 e. The molecule has 0 unspecified atom stereocenters. The first kappa shape index (κ1) is 12.1. The quantitative estimate of drug-likeness (QED) is 0.812. The van der Waals surface area contributed by atoms with Crippen molar-refractivity contribution in [1.82, 2.24) is 9.47 Å². The zero-order valence-corrected chi connectivity index (χ0v) is 9.88. The summed E-state index contributed by atoms with van der Waals surface area (Å²) in [5.74, 6) is -0.848. The molecule has 1 aromatic heterocycles. The Kier molecular flexibility index (Phi) is 3.81. The number of carbonyl (C=O) groups is 1. The van der Waals surface area contributed by atoms with Crippen molar-refractivity contribution in [3.05, 3.63) is 24.0 Å². The molecule has 1 aliphatic heterocycles. The third-order valence-electron chi connectivity index (χ3n) is 3.39. The zero-order valence-electron chi connectivity index (χ0n) is 9.88. The molecule has 2 heterocycles. The number of piperidine rings is 1. The van der Waals surface area contributed by atoms with Crippen molar-refractivity contribution < 1.29 is 9.90 Å². The molecule has 0 radical (unpaired) electrons. The largest absolute Gasteiger partial charge is 0.477 e. The first-order valence-corrected chi connectivity index (χ1v) is 6.05. The van der Waals surface area contributed by atoms with Gasteiger partial charge in [-0.2, -0.15) is 0 Å². The molecule has 94 valence electrons. The van der Waals surface area contributed by atoms with E-state index in [4.69, 9.17) is 10.8 Å². The molecule has 0 atom stereocenters. The third-order valence-corrected chi connectivity index (χ3v) is 3.39. The molecule has 3 N–H and O–H groups in total. The fraction of sp³-hybridized carbons (Fsp3) is 0.583. The Bertz CT molecular complexity index is 381. The van der Waals surface area contributed by atoms with E-state index in [1.807, 2.05) is 10.8 Å². The molecule has 5 nitrogen and oxygen atoms in total. The topological polar surface area (TPSA) is 71.5 Å². The zero-order chi connectivity index (χ0) is 12.3. The maximum Gasteiger partial charge on any atom is 0.352 e. The predicted octanol–water partition coefficient (Wildman–Crippen LogP) is 0.782. The van der Waals surface area contributed by atoms with E-state index in [0.29, 0.717) is 18.3 Å². The second-order valence-electron chi connectivity index (χ2n) is 4.47. The van der Waals surface area contributed by atoms with Crippen molar-refractivity contribution in [2.75, 3.05) is 26.2 Å². The fourth-order valence-corrected chi connectivity index (χ4v) is 2.50. The highest BCUT2D eigenvalue weighted by atomic mass is 16.4. The molecule has 0 aliphatic carbocycles. The van der Waals surface area contributed by atoms with Crippen LogP contribution in [0.3, 0.4) is 0 Å². The van der Waals surface area contributed by atoms with Crippen molar-refractivity contribution in [2.24, 2.45) is 5.73 Å². The number of carboxylic acids is 1. The summed E-state index contributed by atoms with van der Waals surface area (Å²) in [6, 6.07) is 3.77. The first-order valence-electron chi connectivity index (χ1n) is 6.05. The highest BCUT2D eigenvalue weighted by Crippen LogP contribution is 2.24. The molecule has 0 bridgehead atoms. The Hall–Kier alpha value is -1.33. The molecular formula is C12H19N3O2. The van der Waals surface area contributed by atoms with Crippen molar-refractivity contribution in [2.45, 2.75) is 18.9 Å². The number of nitrogens with two attached hydrogens (primary N) is 1. The number of aromatic carboxylic acids is 1. The first-order chi connectivity index (χ1) is 8.22. The van der Waals surface area contributed by atoms with Crippen LogP contribution < -0.4 is 5.73 Å². The highest BCUT2D eigenvalue weighted by Gasteiger charge is 2.22. The Morgan fingerprint density at radius 2 is 2.18 bits per heavy atom. The van der Waals surface area contributed by atoms with Crippen molar-refractivity contribution in [3.8, 4) is 0 Å². The van der Waals surface area contributed by atoms with E-state index in [2.05, 4.69) is 4.90 Å². The van der Waals surface area contributed by atoms with Crippen LogP contribution in [0.4, 0.5) is 0 Å². The molecule has 1 aromatic rings. The summed E-state index contributed by atoms with van der Waals surface area (Å²) in [6.45, 7) is 3.62. The van der Waals surface area contributed by atoms with Crippen LogP contribution in [0.1, 0.15) is 29.4 Å². The Balaban J connectivity index is 2.00. The number of hydrogen-bond acceptors (Lipinski definition) is 3. The van der Waals surface area contributed by atoms with Gasteiger partial charge >= 0.3 is 5.97 Å². The van der Waals surface area contributed by atoms with Gasteiger partial charge in [0.1, 0.15) is 5.69 Å². The van der Waals surface area contributed by atoms with E-state index in [1.165, 1.54) is 0 Å². The number of nitrogens with zero attached hydrogens (tertiary/aromatic N) is 2. The molecule has 0 saturated carbocycles. The summed E-state index contributed by atoms with van der Waals surface area (Å²) >= 11 is 0. The van der Waals surface area contributed by atoms with Gasteiger partial charge in [-0.15, -0.1) is 0 Å². The lowest BCUT2D eigenvalue weighted by Gasteiger charge is -2.32. The van der Waals surface area contributed by atoms with Gasteiger partial charge in [-0.05, 0) is 25.0 Å². The summed E-state index contributed by atoms with van der Waals surface area (Å²) in [7, 11) is 0. The number of carboxylic acid groups (broad SMARTS) is 1. The maximum atomic E-state index is 11.0. The van der Waals surface area contributed by atoms with E-state index in [0.717, 1.165) is 32.5 Å². The second-order valence-corrected chi connectivity index (χ2v) is 4.47. The number of rotatable bonds is 4. The molecule has 2 rings (SSSR count). The number of hydrogen-bond donors (Lipinski definition) is 2. The van der Waals surface area contributed by atoms with E-state index in [9.17, 15) is 4.79 Å². The van der Waals surface area contributed by atoms with Gasteiger partial charge in [-0.3, -0.25) is 0 Å². The van der Waals surface area contributed by atoms with Gasteiger partial charge < -0.3 is 20.3 Å². The Morgan fingerprint density at radius 3 is 2.76 bits per heavy atom. The normalized spacial score (nSPS) is 18.4. The lowest BCUT2D eigenvalue weighted by atomic mass is 10.0. The summed E-state index contributed by atoms with van der Waals surface area (Å²) in [5, 5.41) is 9.07. The van der Waals surface area contributed by atoms with Gasteiger partial charge in [0, 0.05) is 38.4 Å². The smallest absolute Gasteiger partial charge is 0.352 e. The minimum atomic E-state index is -0.848. The van der Waals surface area contributed by atoms with Gasteiger partial charge in [-0.1, -0.05) is 0 Å². The van der Waals surface area contributed by atoms with Crippen LogP contribution in [0.2, 0.25) is 0 Å². The van der Waals surface area contributed by atoms with Gasteiger partial charge in [0.2, 0.25) is 0 Å². The summed E-state index contributed by atoms with van der Waals surface area (Å²) < 4.78 is 1.89.